The largest absolute Gasteiger partial charge is 0.507 e. The summed E-state index contributed by atoms with van der Waals surface area (Å²) in [6.07, 6.45) is 0.830. The summed E-state index contributed by atoms with van der Waals surface area (Å²) in [7, 11) is 5.31. The molecule has 3 aromatic carbocycles. The van der Waals surface area contributed by atoms with Crippen LogP contribution < -0.4 is 9.47 Å². The molecular formula is C25H29NO4. The predicted molar refractivity (Wildman–Crippen MR) is 120 cm³/mol. The van der Waals surface area contributed by atoms with Crippen LogP contribution in [0.1, 0.15) is 36.6 Å². The molecule has 0 aliphatic carbocycles. The number of phenols is 2. The van der Waals surface area contributed by atoms with Gasteiger partial charge in [-0.25, -0.2) is 0 Å². The van der Waals surface area contributed by atoms with Crippen LogP contribution in [0.15, 0.2) is 30.3 Å². The summed E-state index contributed by atoms with van der Waals surface area (Å²) in [5.41, 5.74) is 4.09. The van der Waals surface area contributed by atoms with E-state index in [0.29, 0.717) is 34.1 Å². The first-order valence-corrected chi connectivity index (χ1v) is 10.2. The molecule has 2 N–H and O–H groups in total. The van der Waals surface area contributed by atoms with Crippen molar-refractivity contribution in [3.05, 3.63) is 47.0 Å². The topological polar surface area (TPSA) is 62.2 Å². The number of rotatable bonds is 3. The zero-order chi connectivity index (χ0) is 21.7. The average molecular weight is 408 g/mol. The van der Waals surface area contributed by atoms with Gasteiger partial charge in [0.2, 0.25) is 0 Å². The first-order chi connectivity index (χ1) is 14.3. The zero-order valence-electron chi connectivity index (χ0n) is 18.4. The van der Waals surface area contributed by atoms with Crippen molar-refractivity contribution in [1.82, 2.24) is 4.90 Å². The maximum atomic E-state index is 11.3. The highest BCUT2D eigenvalue weighted by molar-refractivity contribution is 6.02. The number of likely N-dealkylation sites (N-methyl/N-ethyl adjacent to an activating group) is 1. The van der Waals surface area contributed by atoms with Crippen LogP contribution >= 0.6 is 0 Å². The maximum absolute atomic E-state index is 11.3. The minimum Gasteiger partial charge on any atom is -0.507 e. The van der Waals surface area contributed by atoms with Gasteiger partial charge in [-0.3, -0.25) is 4.90 Å². The van der Waals surface area contributed by atoms with Gasteiger partial charge in [0.25, 0.3) is 0 Å². The first kappa shape index (κ1) is 20.4. The second kappa shape index (κ2) is 7.40. The van der Waals surface area contributed by atoms with E-state index in [1.165, 1.54) is 0 Å². The van der Waals surface area contributed by atoms with Crippen molar-refractivity contribution >= 4 is 10.8 Å². The van der Waals surface area contributed by atoms with Gasteiger partial charge in [0.1, 0.15) is 23.0 Å². The van der Waals surface area contributed by atoms with Gasteiger partial charge in [-0.05, 0) is 62.9 Å². The van der Waals surface area contributed by atoms with Crippen LogP contribution in [0.25, 0.3) is 21.9 Å². The number of methoxy groups -OCH3 is 2. The lowest BCUT2D eigenvalue weighted by molar-refractivity contribution is 0.175. The van der Waals surface area contributed by atoms with Crippen LogP contribution in [0.2, 0.25) is 0 Å². The Balaban J connectivity index is 2.08. The number of hydrogen-bond acceptors (Lipinski definition) is 5. The van der Waals surface area contributed by atoms with Gasteiger partial charge in [0.05, 0.1) is 25.2 Å². The number of aromatic hydroxyl groups is 2. The third-order valence-corrected chi connectivity index (χ3v) is 6.60. The summed E-state index contributed by atoms with van der Waals surface area (Å²) in [4.78, 5) is 2.31. The van der Waals surface area contributed by atoms with Gasteiger partial charge >= 0.3 is 0 Å². The SMILES string of the molecule is COc1c(-c2c(C)cc3cccc(OC)c3c2O)c(O)cc2c1C(C)N(C)C(C)C2. The zero-order valence-corrected chi connectivity index (χ0v) is 18.4. The van der Waals surface area contributed by atoms with Crippen LogP contribution in [0.4, 0.5) is 0 Å². The molecule has 2 unspecified atom stereocenters. The molecule has 0 fully saturated rings. The molecule has 0 radical (unpaired) electrons. The Kier molecular flexibility index (Phi) is 5.02. The summed E-state index contributed by atoms with van der Waals surface area (Å²) in [5, 5.41) is 23.9. The molecule has 2 atom stereocenters. The van der Waals surface area contributed by atoms with Crippen LogP contribution in [0, 0.1) is 6.92 Å². The van der Waals surface area contributed by atoms with Crippen molar-refractivity contribution in [2.45, 2.75) is 39.3 Å². The van der Waals surface area contributed by atoms with Crippen molar-refractivity contribution in [3.8, 4) is 34.1 Å². The number of aryl methyl sites for hydroxylation is 1. The summed E-state index contributed by atoms with van der Waals surface area (Å²) >= 11 is 0. The van der Waals surface area contributed by atoms with E-state index in [1.807, 2.05) is 37.3 Å². The molecule has 1 aliphatic heterocycles. The van der Waals surface area contributed by atoms with Crippen molar-refractivity contribution in [1.29, 1.82) is 0 Å². The molecule has 1 aliphatic rings. The molecule has 1 heterocycles. The molecule has 0 bridgehead atoms. The summed E-state index contributed by atoms with van der Waals surface area (Å²) in [6, 6.07) is 9.98. The van der Waals surface area contributed by atoms with E-state index in [1.54, 1.807) is 14.2 Å². The molecule has 4 rings (SSSR count). The van der Waals surface area contributed by atoms with Gasteiger partial charge in [0, 0.05) is 23.2 Å². The minimum absolute atomic E-state index is 0.0844. The standard InChI is InChI=1S/C25H29NO4/c1-13-10-16-8-7-9-19(29-5)22(16)24(28)20(13)23-18(27)12-17-11-14(2)26(4)15(3)21(17)25(23)30-6/h7-10,12,14-15,27-28H,11H2,1-6H3. The van der Waals surface area contributed by atoms with E-state index in [-0.39, 0.29) is 17.5 Å². The molecule has 0 aromatic heterocycles. The van der Waals surface area contributed by atoms with E-state index < -0.39 is 0 Å². The van der Waals surface area contributed by atoms with Crippen molar-refractivity contribution in [3.63, 3.8) is 0 Å². The van der Waals surface area contributed by atoms with E-state index >= 15 is 0 Å². The molecule has 5 nitrogen and oxygen atoms in total. The second-order valence-corrected chi connectivity index (χ2v) is 8.25. The van der Waals surface area contributed by atoms with Gasteiger partial charge in [-0.15, -0.1) is 0 Å². The lowest BCUT2D eigenvalue weighted by Gasteiger charge is -2.39. The van der Waals surface area contributed by atoms with E-state index in [2.05, 4.69) is 25.8 Å². The smallest absolute Gasteiger partial charge is 0.135 e. The van der Waals surface area contributed by atoms with Gasteiger partial charge in [0.15, 0.2) is 0 Å². The lowest BCUT2D eigenvalue weighted by atomic mass is 9.84. The van der Waals surface area contributed by atoms with Crippen molar-refractivity contribution in [2.24, 2.45) is 0 Å². The van der Waals surface area contributed by atoms with Crippen molar-refractivity contribution in [2.75, 3.05) is 21.3 Å². The fourth-order valence-corrected chi connectivity index (χ4v) is 4.86. The number of ether oxygens (including phenoxy) is 2. The molecule has 5 heteroatoms. The van der Waals surface area contributed by atoms with Crippen LogP contribution in [0.5, 0.6) is 23.0 Å². The summed E-state index contributed by atoms with van der Waals surface area (Å²) < 4.78 is 11.4. The number of nitrogens with zero attached hydrogens (tertiary/aromatic N) is 1. The lowest BCUT2D eigenvalue weighted by Crippen LogP contribution is -2.38. The predicted octanol–water partition coefficient (Wildman–Crippen LogP) is 5.18. The quantitative estimate of drug-likeness (QED) is 0.626. The molecule has 30 heavy (non-hydrogen) atoms. The number of hydrogen-bond donors (Lipinski definition) is 2. The average Bonchev–Trinajstić information content (AvgIpc) is 2.71. The summed E-state index contributed by atoms with van der Waals surface area (Å²) in [5.74, 6) is 1.40. The van der Waals surface area contributed by atoms with Crippen LogP contribution in [0.3, 0.4) is 0 Å². The number of phenolic OH excluding ortho intramolecular Hbond substituents is 2. The Morgan fingerprint density at radius 1 is 1.03 bits per heavy atom. The maximum Gasteiger partial charge on any atom is 0.135 e. The van der Waals surface area contributed by atoms with E-state index in [4.69, 9.17) is 9.47 Å². The highest BCUT2D eigenvalue weighted by Gasteiger charge is 2.33. The molecular weight excluding hydrogens is 378 g/mol. The van der Waals surface area contributed by atoms with Gasteiger partial charge < -0.3 is 19.7 Å². The fourth-order valence-electron chi connectivity index (χ4n) is 4.86. The highest BCUT2D eigenvalue weighted by Crippen LogP contribution is 2.52. The van der Waals surface area contributed by atoms with Crippen molar-refractivity contribution < 1.29 is 19.7 Å². The van der Waals surface area contributed by atoms with E-state index in [0.717, 1.165) is 28.5 Å². The monoisotopic (exact) mass is 407 g/mol. The van der Waals surface area contributed by atoms with Crippen LogP contribution in [-0.4, -0.2) is 42.4 Å². The Labute approximate surface area is 177 Å². The third kappa shape index (κ3) is 2.88. The molecule has 0 saturated carbocycles. The second-order valence-electron chi connectivity index (χ2n) is 8.25. The Bertz CT molecular complexity index is 1140. The molecule has 0 saturated heterocycles. The molecule has 0 amide bonds. The molecule has 0 spiro atoms. The highest BCUT2D eigenvalue weighted by atomic mass is 16.5. The Hall–Kier alpha value is -2.92. The first-order valence-electron chi connectivity index (χ1n) is 10.2. The van der Waals surface area contributed by atoms with Gasteiger partial charge in [-0.1, -0.05) is 18.2 Å². The number of benzene rings is 3. The molecule has 158 valence electrons. The summed E-state index contributed by atoms with van der Waals surface area (Å²) in [6.45, 7) is 6.26. The molecule has 3 aromatic rings. The third-order valence-electron chi connectivity index (χ3n) is 6.60. The van der Waals surface area contributed by atoms with Gasteiger partial charge in [-0.2, -0.15) is 0 Å². The van der Waals surface area contributed by atoms with Crippen LogP contribution in [-0.2, 0) is 6.42 Å². The normalized spacial score (nSPS) is 19.0. The van der Waals surface area contributed by atoms with E-state index in [9.17, 15) is 10.2 Å². The Morgan fingerprint density at radius 2 is 1.77 bits per heavy atom. The minimum atomic E-state index is 0.0844. The number of fused-ring (bicyclic) bond motifs is 2. The fraction of sp³-hybridized carbons (Fsp3) is 0.360. The Morgan fingerprint density at radius 3 is 2.43 bits per heavy atom.